The average molecular weight is 215 g/mol. The normalized spacial score (nSPS) is 13.8. The Balaban J connectivity index is 2.20. The third-order valence-electron chi connectivity index (χ3n) is 2.87. The highest BCUT2D eigenvalue weighted by atomic mass is 15.4. The Morgan fingerprint density at radius 1 is 1.38 bits per heavy atom. The smallest absolute Gasteiger partial charge is 0.157 e. The van der Waals surface area contributed by atoms with Gasteiger partial charge in [-0.1, -0.05) is 0 Å². The molecular weight excluding hydrogens is 202 g/mol. The van der Waals surface area contributed by atoms with Crippen LogP contribution in [0.15, 0.2) is 24.5 Å². The average Bonchev–Trinajstić information content (AvgIpc) is 2.60. The van der Waals surface area contributed by atoms with Gasteiger partial charge in [-0.3, -0.25) is 4.68 Å². The van der Waals surface area contributed by atoms with Gasteiger partial charge in [0.25, 0.3) is 0 Å². The van der Waals surface area contributed by atoms with Gasteiger partial charge in [-0.15, -0.1) is 0 Å². The summed E-state index contributed by atoms with van der Waals surface area (Å²) >= 11 is 0. The summed E-state index contributed by atoms with van der Waals surface area (Å²) in [6.07, 6.45) is 3.70. The number of aromatic nitrogens is 3. The topological polar surface area (TPSA) is 46.0 Å². The standard InChI is InChI=1S/C11H13N5/c1-15-10-9(4-3-5-12-10)13-6-8-7-14-16(2)11(8)15/h3-5,7,13H,6H2,1-2H3. The van der Waals surface area contributed by atoms with Crippen LogP contribution >= 0.6 is 0 Å². The van der Waals surface area contributed by atoms with Gasteiger partial charge in [-0.2, -0.15) is 5.10 Å². The van der Waals surface area contributed by atoms with Crippen LogP contribution in [0.4, 0.5) is 17.3 Å². The molecule has 0 saturated heterocycles. The Morgan fingerprint density at radius 2 is 2.25 bits per heavy atom. The van der Waals surface area contributed by atoms with E-state index in [2.05, 4.69) is 20.3 Å². The number of nitrogens with one attached hydrogen (secondary N) is 1. The summed E-state index contributed by atoms with van der Waals surface area (Å²) in [5.74, 6) is 2.02. The number of anilines is 3. The molecule has 0 aliphatic carbocycles. The van der Waals surface area contributed by atoms with Crippen molar-refractivity contribution in [3.63, 3.8) is 0 Å². The lowest BCUT2D eigenvalue weighted by molar-refractivity contribution is 0.759. The third-order valence-corrected chi connectivity index (χ3v) is 2.87. The predicted octanol–water partition coefficient (Wildman–Crippen LogP) is 1.51. The fourth-order valence-electron chi connectivity index (χ4n) is 2.13. The van der Waals surface area contributed by atoms with Crippen LogP contribution in [-0.2, 0) is 13.6 Å². The van der Waals surface area contributed by atoms with E-state index in [0.717, 1.165) is 23.9 Å². The van der Waals surface area contributed by atoms with Crippen LogP contribution in [0.3, 0.4) is 0 Å². The summed E-state index contributed by atoms with van der Waals surface area (Å²) in [7, 11) is 3.96. The van der Waals surface area contributed by atoms with Crippen molar-refractivity contribution in [1.82, 2.24) is 14.8 Å². The second-order valence-corrected chi connectivity index (χ2v) is 3.90. The number of nitrogens with zero attached hydrogens (tertiary/aromatic N) is 4. The molecule has 0 radical (unpaired) electrons. The largest absolute Gasteiger partial charge is 0.378 e. The minimum absolute atomic E-state index is 0.784. The maximum absolute atomic E-state index is 4.40. The first-order valence-corrected chi connectivity index (χ1v) is 5.21. The fourth-order valence-corrected chi connectivity index (χ4v) is 2.13. The molecule has 0 unspecified atom stereocenters. The quantitative estimate of drug-likeness (QED) is 0.723. The van der Waals surface area contributed by atoms with Gasteiger partial charge in [0, 0.05) is 32.4 Å². The van der Waals surface area contributed by atoms with Crippen LogP contribution in [0.5, 0.6) is 0 Å². The minimum atomic E-state index is 0.784. The van der Waals surface area contributed by atoms with Crippen molar-refractivity contribution >= 4 is 17.3 Å². The molecule has 16 heavy (non-hydrogen) atoms. The highest BCUT2D eigenvalue weighted by Gasteiger charge is 2.21. The second kappa shape index (κ2) is 3.23. The molecule has 0 bridgehead atoms. The van der Waals surface area contributed by atoms with Gasteiger partial charge in [-0.05, 0) is 12.1 Å². The van der Waals surface area contributed by atoms with E-state index in [4.69, 9.17) is 0 Å². The monoisotopic (exact) mass is 215 g/mol. The summed E-state index contributed by atoms with van der Waals surface area (Å²) in [4.78, 5) is 6.47. The molecule has 0 saturated carbocycles. The number of hydrogen-bond acceptors (Lipinski definition) is 4. The Hall–Kier alpha value is -2.04. The van der Waals surface area contributed by atoms with Gasteiger partial charge in [0.15, 0.2) is 5.82 Å². The van der Waals surface area contributed by atoms with Crippen LogP contribution in [0.1, 0.15) is 5.56 Å². The maximum Gasteiger partial charge on any atom is 0.157 e. The Labute approximate surface area is 93.7 Å². The van der Waals surface area contributed by atoms with E-state index >= 15 is 0 Å². The minimum Gasteiger partial charge on any atom is -0.378 e. The SMILES string of the molecule is CN1c2ncccc2NCc2cnn(C)c21. The zero-order valence-electron chi connectivity index (χ0n) is 9.31. The molecule has 1 aliphatic heterocycles. The highest BCUT2D eigenvalue weighted by Crippen LogP contribution is 2.33. The molecule has 0 fully saturated rings. The third kappa shape index (κ3) is 1.18. The van der Waals surface area contributed by atoms with Crippen molar-refractivity contribution < 1.29 is 0 Å². The summed E-state index contributed by atoms with van der Waals surface area (Å²) < 4.78 is 1.88. The molecule has 1 aliphatic rings. The van der Waals surface area contributed by atoms with Crippen molar-refractivity contribution in [2.75, 3.05) is 17.3 Å². The van der Waals surface area contributed by atoms with Gasteiger partial charge < -0.3 is 10.2 Å². The Morgan fingerprint density at radius 3 is 3.12 bits per heavy atom. The van der Waals surface area contributed by atoms with Crippen molar-refractivity contribution in [1.29, 1.82) is 0 Å². The van der Waals surface area contributed by atoms with Crippen LogP contribution in [-0.4, -0.2) is 21.8 Å². The number of pyridine rings is 1. The van der Waals surface area contributed by atoms with Crippen molar-refractivity contribution in [3.8, 4) is 0 Å². The molecule has 0 aromatic carbocycles. The highest BCUT2D eigenvalue weighted by molar-refractivity contribution is 5.74. The lowest BCUT2D eigenvalue weighted by Crippen LogP contribution is -2.15. The summed E-state index contributed by atoms with van der Waals surface area (Å²) in [5.41, 5.74) is 2.24. The zero-order chi connectivity index (χ0) is 11.1. The first kappa shape index (κ1) is 9.21. The molecule has 2 aromatic heterocycles. The Bertz CT molecular complexity index is 531. The van der Waals surface area contributed by atoms with E-state index in [1.54, 1.807) is 6.20 Å². The number of rotatable bonds is 0. The van der Waals surface area contributed by atoms with Crippen LogP contribution in [0.25, 0.3) is 0 Å². The van der Waals surface area contributed by atoms with Gasteiger partial charge >= 0.3 is 0 Å². The second-order valence-electron chi connectivity index (χ2n) is 3.90. The molecule has 2 aromatic rings. The van der Waals surface area contributed by atoms with Crippen molar-refractivity contribution in [2.45, 2.75) is 6.54 Å². The molecule has 3 heterocycles. The lowest BCUT2D eigenvalue weighted by atomic mass is 10.3. The van der Waals surface area contributed by atoms with E-state index in [1.807, 2.05) is 37.1 Å². The van der Waals surface area contributed by atoms with Crippen molar-refractivity contribution in [3.05, 3.63) is 30.1 Å². The number of hydrogen-bond donors (Lipinski definition) is 1. The van der Waals surface area contributed by atoms with Crippen LogP contribution < -0.4 is 10.2 Å². The number of fused-ring (bicyclic) bond motifs is 2. The van der Waals surface area contributed by atoms with Gasteiger partial charge in [-0.25, -0.2) is 4.98 Å². The molecule has 3 rings (SSSR count). The summed E-state index contributed by atoms with van der Waals surface area (Å²) in [6, 6.07) is 3.98. The first-order chi connectivity index (χ1) is 7.77. The molecule has 82 valence electrons. The zero-order valence-corrected chi connectivity index (χ0v) is 9.31. The van der Waals surface area contributed by atoms with Crippen LogP contribution in [0.2, 0.25) is 0 Å². The van der Waals surface area contributed by atoms with Gasteiger partial charge in [0.1, 0.15) is 5.82 Å². The molecule has 0 amide bonds. The van der Waals surface area contributed by atoms with Gasteiger partial charge in [0.05, 0.1) is 11.9 Å². The van der Waals surface area contributed by atoms with E-state index in [-0.39, 0.29) is 0 Å². The summed E-state index contributed by atoms with van der Waals surface area (Å²) in [5, 5.41) is 7.64. The lowest BCUT2D eigenvalue weighted by Gasteiger charge is -2.18. The molecule has 0 atom stereocenters. The molecular formula is C11H13N5. The summed E-state index contributed by atoms with van der Waals surface area (Å²) in [6.45, 7) is 0.784. The van der Waals surface area contributed by atoms with Gasteiger partial charge in [0.2, 0.25) is 0 Å². The molecule has 5 heteroatoms. The maximum atomic E-state index is 4.40. The van der Waals surface area contributed by atoms with E-state index in [9.17, 15) is 0 Å². The van der Waals surface area contributed by atoms with Crippen molar-refractivity contribution in [2.24, 2.45) is 7.05 Å². The van der Waals surface area contributed by atoms with E-state index < -0.39 is 0 Å². The molecule has 5 nitrogen and oxygen atoms in total. The molecule has 1 N–H and O–H groups in total. The Kier molecular flexibility index (Phi) is 1.86. The first-order valence-electron chi connectivity index (χ1n) is 5.21. The van der Waals surface area contributed by atoms with E-state index in [1.165, 1.54) is 5.56 Å². The molecule has 0 spiro atoms. The number of aryl methyl sites for hydroxylation is 1. The fraction of sp³-hybridized carbons (Fsp3) is 0.273. The predicted molar refractivity (Wildman–Crippen MR) is 62.8 cm³/mol. The van der Waals surface area contributed by atoms with E-state index in [0.29, 0.717) is 0 Å². The van der Waals surface area contributed by atoms with Crippen LogP contribution in [0, 0.1) is 0 Å².